The van der Waals surface area contributed by atoms with Gasteiger partial charge in [0.25, 0.3) is 0 Å². The highest BCUT2D eigenvalue weighted by Gasteiger charge is 2.26. The lowest BCUT2D eigenvalue weighted by molar-refractivity contribution is 0.367. The zero-order valence-corrected chi connectivity index (χ0v) is 11.1. The molecule has 0 saturated heterocycles. The van der Waals surface area contributed by atoms with Crippen LogP contribution in [-0.2, 0) is 6.54 Å². The summed E-state index contributed by atoms with van der Waals surface area (Å²) < 4.78 is 0. The van der Waals surface area contributed by atoms with E-state index in [9.17, 15) is 0 Å². The van der Waals surface area contributed by atoms with Crippen molar-refractivity contribution in [3.63, 3.8) is 0 Å². The van der Waals surface area contributed by atoms with Crippen molar-refractivity contribution in [1.82, 2.24) is 20.5 Å². The summed E-state index contributed by atoms with van der Waals surface area (Å²) in [5.41, 5.74) is 0. The molecule has 5 heteroatoms. The van der Waals surface area contributed by atoms with Gasteiger partial charge < -0.3 is 5.32 Å². The van der Waals surface area contributed by atoms with Gasteiger partial charge >= 0.3 is 0 Å². The van der Waals surface area contributed by atoms with Crippen LogP contribution in [0.3, 0.4) is 0 Å². The van der Waals surface area contributed by atoms with Gasteiger partial charge in [0, 0.05) is 10.9 Å². The highest BCUT2D eigenvalue weighted by molar-refractivity contribution is 7.10. The maximum Gasteiger partial charge on any atom is 0.138 e. The number of aromatic nitrogens is 3. The van der Waals surface area contributed by atoms with Crippen molar-refractivity contribution in [3.05, 3.63) is 34.5 Å². The summed E-state index contributed by atoms with van der Waals surface area (Å²) in [5, 5.41) is 12.6. The molecule has 0 radical (unpaired) electrons. The van der Waals surface area contributed by atoms with Gasteiger partial charge in [0.05, 0.1) is 6.54 Å². The van der Waals surface area contributed by atoms with Crippen LogP contribution in [0.4, 0.5) is 0 Å². The van der Waals surface area contributed by atoms with Crippen molar-refractivity contribution in [2.24, 2.45) is 5.92 Å². The molecule has 0 bridgehead atoms. The maximum absolute atomic E-state index is 4.17. The Kier molecular flexibility index (Phi) is 3.71. The third-order valence-corrected chi connectivity index (χ3v) is 4.63. The number of nitrogens with zero attached hydrogens (tertiary/aromatic N) is 2. The van der Waals surface area contributed by atoms with E-state index in [1.165, 1.54) is 30.6 Å². The van der Waals surface area contributed by atoms with Crippen LogP contribution in [0.5, 0.6) is 0 Å². The minimum absolute atomic E-state index is 0.470. The molecular weight excluding hydrogens is 244 g/mol. The number of hydrogen-bond acceptors (Lipinski definition) is 4. The molecule has 4 nitrogen and oxygen atoms in total. The lowest BCUT2D eigenvalue weighted by atomic mass is 9.97. The Morgan fingerprint density at radius 3 is 3.00 bits per heavy atom. The Morgan fingerprint density at radius 2 is 2.33 bits per heavy atom. The molecule has 0 amide bonds. The van der Waals surface area contributed by atoms with Gasteiger partial charge in [-0.2, -0.15) is 5.10 Å². The number of aromatic amines is 1. The fourth-order valence-corrected chi connectivity index (χ4v) is 3.67. The molecule has 96 valence electrons. The standard InChI is InChI=1S/C13H18N4S/c1-2-5-10(4-1)13(11-6-3-7-18-11)14-8-12-15-9-16-17-12/h3,6-7,9-10,13-14H,1-2,4-5,8H2,(H,15,16,17). The summed E-state index contributed by atoms with van der Waals surface area (Å²) in [4.78, 5) is 5.62. The summed E-state index contributed by atoms with van der Waals surface area (Å²) in [7, 11) is 0. The van der Waals surface area contributed by atoms with E-state index in [1.807, 2.05) is 11.3 Å². The van der Waals surface area contributed by atoms with Crippen LogP contribution in [0.15, 0.2) is 23.8 Å². The Labute approximate surface area is 111 Å². The van der Waals surface area contributed by atoms with Gasteiger partial charge in [0.2, 0.25) is 0 Å². The molecule has 1 aliphatic carbocycles. The minimum atomic E-state index is 0.470. The molecule has 0 aliphatic heterocycles. The van der Waals surface area contributed by atoms with Crippen LogP contribution in [0, 0.1) is 5.92 Å². The number of H-pyrrole nitrogens is 1. The van der Waals surface area contributed by atoms with Gasteiger partial charge in [-0.1, -0.05) is 18.9 Å². The average Bonchev–Trinajstić information content (AvgIpc) is 3.14. The smallest absolute Gasteiger partial charge is 0.138 e. The molecule has 2 aromatic heterocycles. The monoisotopic (exact) mass is 262 g/mol. The van der Waals surface area contributed by atoms with E-state index in [0.717, 1.165) is 18.3 Å². The van der Waals surface area contributed by atoms with E-state index < -0.39 is 0 Å². The van der Waals surface area contributed by atoms with Gasteiger partial charge in [-0.05, 0) is 30.2 Å². The lowest BCUT2D eigenvalue weighted by Gasteiger charge is -2.23. The van der Waals surface area contributed by atoms with E-state index in [4.69, 9.17) is 0 Å². The number of hydrogen-bond donors (Lipinski definition) is 2. The summed E-state index contributed by atoms with van der Waals surface area (Å²) in [6.07, 6.45) is 6.98. The fraction of sp³-hybridized carbons (Fsp3) is 0.538. The van der Waals surface area contributed by atoms with Crippen LogP contribution in [0.1, 0.15) is 42.4 Å². The second-order valence-corrected chi connectivity index (χ2v) is 5.83. The lowest BCUT2D eigenvalue weighted by Crippen LogP contribution is -2.26. The third-order valence-electron chi connectivity index (χ3n) is 3.68. The van der Waals surface area contributed by atoms with E-state index in [2.05, 4.69) is 38.0 Å². The molecule has 2 N–H and O–H groups in total. The number of nitrogens with one attached hydrogen (secondary N) is 2. The maximum atomic E-state index is 4.17. The largest absolute Gasteiger partial charge is 0.302 e. The molecule has 3 rings (SSSR count). The van der Waals surface area contributed by atoms with E-state index in [1.54, 1.807) is 6.33 Å². The Morgan fingerprint density at radius 1 is 1.44 bits per heavy atom. The molecule has 1 atom stereocenters. The minimum Gasteiger partial charge on any atom is -0.302 e. The van der Waals surface area contributed by atoms with E-state index >= 15 is 0 Å². The van der Waals surface area contributed by atoms with Crippen LogP contribution in [-0.4, -0.2) is 15.2 Å². The van der Waals surface area contributed by atoms with Gasteiger partial charge in [0.1, 0.15) is 12.2 Å². The van der Waals surface area contributed by atoms with Crippen molar-refractivity contribution in [3.8, 4) is 0 Å². The summed E-state index contributed by atoms with van der Waals surface area (Å²) in [6.45, 7) is 0.763. The molecular formula is C13H18N4S. The zero-order valence-electron chi connectivity index (χ0n) is 10.3. The molecule has 18 heavy (non-hydrogen) atoms. The SMILES string of the molecule is c1csc(C(NCc2ncn[nH]2)C2CCCC2)c1. The first-order valence-corrected chi connectivity index (χ1v) is 7.42. The predicted molar refractivity (Wildman–Crippen MR) is 72.2 cm³/mol. The van der Waals surface area contributed by atoms with Crippen LogP contribution in [0.2, 0.25) is 0 Å². The van der Waals surface area contributed by atoms with Crippen molar-refractivity contribution in [1.29, 1.82) is 0 Å². The molecule has 0 spiro atoms. The van der Waals surface area contributed by atoms with E-state index in [0.29, 0.717) is 6.04 Å². The molecule has 1 unspecified atom stereocenters. The van der Waals surface area contributed by atoms with Gasteiger partial charge in [-0.15, -0.1) is 11.3 Å². The summed E-state index contributed by atoms with van der Waals surface area (Å²) in [5.74, 6) is 1.68. The van der Waals surface area contributed by atoms with Crippen LogP contribution < -0.4 is 5.32 Å². The Bertz CT molecular complexity index is 445. The molecule has 1 saturated carbocycles. The van der Waals surface area contributed by atoms with Crippen LogP contribution in [0.25, 0.3) is 0 Å². The number of rotatable bonds is 5. The Balaban J connectivity index is 1.69. The molecule has 0 aromatic carbocycles. The normalized spacial score (nSPS) is 18.2. The van der Waals surface area contributed by atoms with Crippen molar-refractivity contribution < 1.29 is 0 Å². The highest BCUT2D eigenvalue weighted by atomic mass is 32.1. The first kappa shape index (κ1) is 11.9. The average molecular weight is 262 g/mol. The predicted octanol–water partition coefficient (Wildman–Crippen LogP) is 2.89. The second kappa shape index (κ2) is 5.63. The highest BCUT2D eigenvalue weighted by Crippen LogP contribution is 2.37. The topological polar surface area (TPSA) is 53.6 Å². The second-order valence-electron chi connectivity index (χ2n) is 4.85. The first-order chi connectivity index (χ1) is 8.93. The fourth-order valence-electron chi connectivity index (χ4n) is 2.78. The van der Waals surface area contributed by atoms with Crippen LogP contribution >= 0.6 is 11.3 Å². The third kappa shape index (κ3) is 2.62. The molecule has 2 heterocycles. The van der Waals surface area contributed by atoms with Crippen molar-refractivity contribution in [2.75, 3.05) is 0 Å². The summed E-state index contributed by atoms with van der Waals surface area (Å²) >= 11 is 1.85. The van der Waals surface area contributed by atoms with Crippen molar-refractivity contribution in [2.45, 2.75) is 38.3 Å². The molecule has 2 aromatic rings. The Hall–Kier alpha value is -1.20. The quantitative estimate of drug-likeness (QED) is 0.871. The first-order valence-electron chi connectivity index (χ1n) is 6.54. The van der Waals surface area contributed by atoms with E-state index in [-0.39, 0.29) is 0 Å². The number of thiophene rings is 1. The zero-order chi connectivity index (χ0) is 12.2. The summed E-state index contributed by atoms with van der Waals surface area (Å²) in [6, 6.07) is 4.84. The molecule has 1 fully saturated rings. The van der Waals surface area contributed by atoms with Gasteiger partial charge in [-0.25, -0.2) is 4.98 Å². The van der Waals surface area contributed by atoms with Gasteiger partial charge in [-0.3, -0.25) is 5.10 Å². The van der Waals surface area contributed by atoms with Crippen molar-refractivity contribution >= 4 is 11.3 Å². The molecule has 1 aliphatic rings. The van der Waals surface area contributed by atoms with Gasteiger partial charge in [0.15, 0.2) is 0 Å².